The number of hydrogen-bond acceptors (Lipinski definition) is 4. The Morgan fingerprint density at radius 3 is 2.94 bits per heavy atom. The summed E-state index contributed by atoms with van der Waals surface area (Å²) in [7, 11) is 0. The van der Waals surface area contributed by atoms with Crippen molar-refractivity contribution in [2.45, 2.75) is 32.9 Å². The quantitative estimate of drug-likeness (QED) is 0.859. The third-order valence-electron chi connectivity index (χ3n) is 2.69. The Bertz CT molecular complexity index is 491. The second kappa shape index (κ2) is 5.05. The molecule has 0 fully saturated rings. The van der Waals surface area contributed by atoms with Crippen molar-refractivity contribution >= 4 is 0 Å². The second-order valence-electron chi connectivity index (χ2n) is 4.01. The summed E-state index contributed by atoms with van der Waals surface area (Å²) in [4.78, 5) is 8.65. The van der Waals surface area contributed by atoms with Gasteiger partial charge < -0.3 is 5.73 Å². The van der Waals surface area contributed by atoms with Crippen LogP contribution in [0.5, 0.6) is 0 Å². The van der Waals surface area contributed by atoms with E-state index in [0.717, 1.165) is 23.8 Å². The zero-order valence-electron chi connectivity index (χ0n) is 10.2. The highest BCUT2D eigenvalue weighted by Gasteiger charge is 2.12. The molecular formula is C12H17N5. The predicted octanol–water partition coefficient (Wildman–Crippen LogP) is 1.24. The minimum atomic E-state index is -0.135. The number of hydrogen-bond donors (Lipinski definition) is 1. The van der Waals surface area contributed by atoms with Crippen LogP contribution in [0.4, 0.5) is 0 Å². The van der Waals surface area contributed by atoms with Gasteiger partial charge in [0.25, 0.3) is 0 Å². The van der Waals surface area contributed by atoms with Gasteiger partial charge in [0.2, 0.25) is 0 Å². The summed E-state index contributed by atoms with van der Waals surface area (Å²) < 4.78 is 1.86. The van der Waals surface area contributed by atoms with Gasteiger partial charge in [-0.3, -0.25) is 9.67 Å². The van der Waals surface area contributed by atoms with Crippen molar-refractivity contribution in [3.8, 4) is 0 Å². The fourth-order valence-electron chi connectivity index (χ4n) is 1.78. The van der Waals surface area contributed by atoms with Crippen LogP contribution in [-0.4, -0.2) is 19.7 Å². The van der Waals surface area contributed by atoms with Gasteiger partial charge >= 0.3 is 0 Å². The molecule has 2 aromatic rings. The highest BCUT2D eigenvalue weighted by atomic mass is 15.3. The molecule has 0 saturated heterocycles. The summed E-state index contributed by atoms with van der Waals surface area (Å²) in [6.07, 6.45) is 2.22. The van der Waals surface area contributed by atoms with Crippen LogP contribution in [0.25, 0.3) is 0 Å². The molecule has 2 aromatic heterocycles. The third kappa shape index (κ3) is 2.68. The Kier molecular flexibility index (Phi) is 3.49. The van der Waals surface area contributed by atoms with Gasteiger partial charge in [-0.25, -0.2) is 4.98 Å². The van der Waals surface area contributed by atoms with Gasteiger partial charge in [-0.2, -0.15) is 5.10 Å². The Balaban J connectivity index is 2.14. The van der Waals surface area contributed by atoms with Crippen LogP contribution in [0, 0.1) is 6.92 Å². The van der Waals surface area contributed by atoms with Crippen molar-refractivity contribution in [1.82, 2.24) is 19.7 Å². The maximum Gasteiger partial charge on any atom is 0.138 e. The molecule has 0 aromatic carbocycles. The van der Waals surface area contributed by atoms with Crippen LogP contribution in [0.3, 0.4) is 0 Å². The molecule has 0 aliphatic heterocycles. The van der Waals surface area contributed by atoms with E-state index >= 15 is 0 Å². The van der Waals surface area contributed by atoms with Crippen LogP contribution in [-0.2, 0) is 13.0 Å². The van der Waals surface area contributed by atoms with Crippen molar-refractivity contribution < 1.29 is 0 Å². The highest BCUT2D eigenvalue weighted by Crippen LogP contribution is 2.12. The Morgan fingerprint density at radius 1 is 1.41 bits per heavy atom. The molecule has 0 bridgehead atoms. The molecule has 0 aliphatic carbocycles. The Hall–Kier alpha value is -1.75. The molecule has 90 valence electrons. The van der Waals surface area contributed by atoms with Gasteiger partial charge in [0.15, 0.2) is 0 Å². The zero-order valence-corrected chi connectivity index (χ0v) is 10.2. The molecule has 0 radical (unpaired) electrons. The standard InChI is InChI=1S/C12H17N5/c1-3-17-12(14-8-15-17)7-10(13)11-6-4-5-9(2)16-11/h4-6,8,10H,3,7,13H2,1-2H3. The van der Waals surface area contributed by atoms with Crippen LogP contribution in [0.2, 0.25) is 0 Å². The molecule has 0 aliphatic rings. The number of nitrogens with two attached hydrogens (primary N) is 1. The lowest BCUT2D eigenvalue weighted by Crippen LogP contribution is -2.18. The average Bonchev–Trinajstić information content (AvgIpc) is 2.76. The SMILES string of the molecule is CCn1ncnc1CC(N)c1cccc(C)n1. The van der Waals surface area contributed by atoms with Gasteiger partial charge in [-0.05, 0) is 26.0 Å². The number of pyridine rings is 1. The molecule has 2 N–H and O–H groups in total. The summed E-state index contributed by atoms with van der Waals surface area (Å²) in [6.45, 7) is 4.81. The molecule has 5 nitrogen and oxygen atoms in total. The van der Waals surface area contributed by atoms with E-state index in [9.17, 15) is 0 Å². The number of nitrogens with zero attached hydrogens (tertiary/aromatic N) is 4. The van der Waals surface area contributed by atoms with Gasteiger partial charge in [-0.1, -0.05) is 6.07 Å². The molecule has 17 heavy (non-hydrogen) atoms. The number of aryl methyl sites for hydroxylation is 2. The summed E-state index contributed by atoms with van der Waals surface area (Å²) >= 11 is 0. The van der Waals surface area contributed by atoms with Crippen LogP contribution >= 0.6 is 0 Å². The summed E-state index contributed by atoms with van der Waals surface area (Å²) in [6, 6.07) is 5.75. The maximum absolute atomic E-state index is 6.14. The predicted molar refractivity (Wildman–Crippen MR) is 65.3 cm³/mol. The first kappa shape index (κ1) is 11.7. The first-order chi connectivity index (χ1) is 8.20. The van der Waals surface area contributed by atoms with E-state index in [1.807, 2.05) is 36.7 Å². The normalized spacial score (nSPS) is 12.6. The van der Waals surface area contributed by atoms with Gasteiger partial charge in [0.05, 0.1) is 11.7 Å². The largest absolute Gasteiger partial charge is 0.322 e. The fourth-order valence-corrected chi connectivity index (χ4v) is 1.78. The van der Waals surface area contributed by atoms with E-state index in [1.165, 1.54) is 0 Å². The van der Waals surface area contributed by atoms with E-state index in [-0.39, 0.29) is 6.04 Å². The molecule has 2 rings (SSSR count). The number of aromatic nitrogens is 4. The molecule has 2 heterocycles. The Morgan fingerprint density at radius 2 is 2.24 bits per heavy atom. The third-order valence-corrected chi connectivity index (χ3v) is 2.69. The van der Waals surface area contributed by atoms with Gasteiger partial charge in [0.1, 0.15) is 12.2 Å². The molecule has 0 amide bonds. The van der Waals surface area contributed by atoms with E-state index in [0.29, 0.717) is 6.42 Å². The highest BCUT2D eigenvalue weighted by molar-refractivity contribution is 5.14. The van der Waals surface area contributed by atoms with E-state index in [1.54, 1.807) is 6.33 Å². The van der Waals surface area contributed by atoms with Crippen LogP contribution < -0.4 is 5.73 Å². The molecular weight excluding hydrogens is 214 g/mol. The van der Waals surface area contributed by atoms with E-state index in [4.69, 9.17) is 5.73 Å². The first-order valence-corrected chi connectivity index (χ1v) is 5.76. The van der Waals surface area contributed by atoms with Crippen molar-refractivity contribution in [3.63, 3.8) is 0 Å². The summed E-state index contributed by atoms with van der Waals surface area (Å²) in [5, 5.41) is 4.13. The van der Waals surface area contributed by atoms with Crippen molar-refractivity contribution in [1.29, 1.82) is 0 Å². The molecule has 5 heteroatoms. The van der Waals surface area contributed by atoms with Crippen molar-refractivity contribution in [2.24, 2.45) is 5.73 Å². The Labute approximate surface area is 101 Å². The summed E-state index contributed by atoms with van der Waals surface area (Å²) in [5.41, 5.74) is 8.02. The maximum atomic E-state index is 6.14. The summed E-state index contributed by atoms with van der Waals surface area (Å²) in [5.74, 6) is 0.906. The second-order valence-corrected chi connectivity index (χ2v) is 4.01. The fraction of sp³-hybridized carbons (Fsp3) is 0.417. The lowest BCUT2D eigenvalue weighted by Gasteiger charge is -2.11. The lowest BCUT2D eigenvalue weighted by molar-refractivity contribution is 0.575. The van der Waals surface area contributed by atoms with Gasteiger partial charge in [-0.15, -0.1) is 0 Å². The van der Waals surface area contributed by atoms with E-state index in [2.05, 4.69) is 15.1 Å². The monoisotopic (exact) mass is 231 g/mol. The average molecular weight is 231 g/mol. The molecule has 1 unspecified atom stereocenters. The lowest BCUT2D eigenvalue weighted by atomic mass is 10.1. The first-order valence-electron chi connectivity index (χ1n) is 5.76. The zero-order chi connectivity index (χ0) is 12.3. The van der Waals surface area contributed by atoms with Crippen molar-refractivity contribution in [2.75, 3.05) is 0 Å². The minimum Gasteiger partial charge on any atom is -0.322 e. The minimum absolute atomic E-state index is 0.135. The van der Waals surface area contributed by atoms with Crippen molar-refractivity contribution in [3.05, 3.63) is 41.7 Å². The topological polar surface area (TPSA) is 69.6 Å². The molecule has 0 spiro atoms. The molecule has 0 saturated carbocycles. The van der Waals surface area contributed by atoms with Crippen LogP contribution in [0.1, 0.15) is 30.2 Å². The van der Waals surface area contributed by atoms with Crippen LogP contribution in [0.15, 0.2) is 24.5 Å². The number of rotatable bonds is 4. The van der Waals surface area contributed by atoms with Gasteiger partial charge in [0, 0.05) is 18.7 Å². The van der Waals surface area contributed by atoms with E-state index < -0.39 is 0 Å². The molecule has 1 atom stereocenters. The smallest absolute Gasteiger partial charge is 0.138 e.